The Morgan fingerprint density at radius 3 is 2.71 bits per heavy atom. The molecule has 3 rings (SSSR count). The first-order valence-corrected chi connectivity index (χ1v) is 7.10. The minimum absolute atomic E-state index is 0.267. The van der Waals surface area contributed by atoms with Crippen LogP contribution >= 0.6 is 15.9 Å². The van der Waals surface area contributed by atoms with Crippen LogP contribution in [0.4, 0.5) is 4.39 Å². The summed E-state index contributed by atoms with van der Waals surface area (Å²) in [4.78, 5) is 11.3. The second-order valence-corrected chi connectivity index (χ2v) is 5.58. The number of carboxylic acid groups (broad SMARTS) is 1. The maximum Gasteiger partial charge on any atom is 0.337 e. The fourth-order valence-electron chi connectivity index (χ4n) is 2.38. The average Bonchev–Trinajstić information content (AvgIpc) is 2.81. The zero-order chi connectivity index (χ0) is 15.0. The number of nitrogens with zero attached hydrogens (tertiary/aromatic N) is 1. The number of halogens is 2. The normalized spacial score (nSPS) is 11.0. The molecule has 0 saturated heterocycles. The molecule has 0 spiro atoms. The van der Waals surface area contributed by atoms with E-state index in [0.29, 0.717) is 16.4 Å². The minimum Gasteiger partial charge on any atom is -0.478 e. The van der Waals surface area contributed by atoms with E-state index in [0.717, 1.165) is 11.1 Å². The van der Waals surface area contributed by atoms with Crippen LogP contribution in [0.2, 0.25) is 0 Å². The largest absolute Gasteiger partial charge is 0.478 e. The number of benzene rings is 2. The quantitative estimate of drug-likeness (QED) is 0.767. The summed E-state index contributed by atoms with van der Waals surface area (Å²) in [7, 11) is 0. The van der Waals surface area contributed by atoms with Crippen molar-refractivity contribution in [2.45, 2.75) is 6.54 Å². The first-order chi connectivity index (χ1) is 10.1. The van der Waals surface area contributed by atoms with Crippen LogP contribution in [0.1, 0.15) is 15.9 Å². The van der Waals surface area contributed by atoms with E-state index in [1.807, 2.05) is 22.8 Å². The predicted molar refractivity (Wildman–Crippen MR) is 82.1 cm³/mol. The van der Waals surface area contributed by atoms with Gasteiger partial charge in [0, 0.05) is 28.1 Å². The zero-order valence-corrected chi connectivity index (χ0v) is 12.5. The molecule has 106 valence electrons. The molecular formula is C16H11BrFNO2. The van der Waals surface area contributed by atoms with Crippen LogP contribution in [-0.2, 0) is 6.54 Å². The summed E-state index contributed by atoms with van der Waals surface area (Å²) in [5.41, 5.74) is 1.99. The number of hydrogen-bond donors (Lipinski definition) is 1. The van der Waals surface area contributed by atoms with E-state index in [1.54, 1.807) is 18.3 Å². The molecule has 0 bridgehead atoms. The van der Waals surface area contributed by atoms with Gasteiger partial charge in [0.2, 0.25) is 0 Å². The first kappa shape index (κ1) is 13.8. The van der Waals surface area contributed by atoms with Gasteiger partial charge >= 0.3 is 5.97 Å². The van der Waals surface area contributed by atoms with E-state index in [1.165, 1.54) is 12.1 Å². The van der Waals surface area contributed by atoms with E-state index < -0.39 is 5.97 Å². The number of aromatic nitrogens is 1. The summed E-state index contributed by atoms with van der Waals surface area (Å²) in [6, 6.07) is 11.8. The smallest absolute Gasteiger partial charge is 0.337 e. The van der Waals surface area contributed by atoms with Gasteiger partial charge in [-0.15, -0.1) is 0 Å². The van der Waals surface area contributed by atoms with Crippen molar-refractivity contribution in [2.24, 2.45) is 0 Å². The Morgan fingerprint density at radius 2 is 2.00 bits per heavy atom. The topological polar surface area (TPSA) is 42.2 Å². The standard InChI is InChI=1S/C16H11BrFNO2/c17-14-7-11(18)6-5-10(14)8-19-9-13(16(20)21)12-3-1-2-4-15(12)19/h1-7,9H,8H2,(H,20,21). The second kappa shape index (κ2) is 5.33. The number of aromatic carboxylic acids is 1. The van der Waals surface area contributed by atoms with E-state index in [2.05, 4.69) is 15.9 Å². The lowest BCUT2D eigenvalue weighted by Gasteiger charge is -2.07. The highest BCUT2D eigenvalue weighted by molar-refractivity contribution is 9.10. The van der Waals surface area contributed by atoms with Gasteiger partial charge in [0.15, 0.2) is 0 Å². The molecule has 0 aliphatic carbocycles. The molecule has 1 N–H and O–H groups in total. The van der Waals surface area contributed by atoms with E-state index in [-0.39, 0.29) is 11.4 Å². The molecule has 3 aromatic rings. The maximum absolute atomic E-state index is 13.1. The molecule has 0 amide bonds. The van der Waals surface area contributed by atoms with Crippen molar-refractivity contribution in [3.05, 3.63) is 70.1 Å². The molecule has 0 fully saturated rings. The Bertz CT molecular complexity index is 841. The minimum atomic E-state index is -0.955. The molecule has 0 saturated carbocycles. The van der Waals surface area contributed by atoms with Gasteiger partial charge in [0.25, 0.3) is 0 Å². The number of rotatable bonds is 3. The van der Waals surface area contributed by atoms with Crippen molar-refractivity contribution < 1.29 is 14.3 Å². The molecule has 1 aromatic heterocycles. The van der Waals surface area contributed by atoms with Crippen LogP contribution < -0.4 is 0 Å². The molecular weight excluding hydrogens is 337 g/mol. The summed E-state index contributed by atoms with van der Waals surface area (Å²) in [5, 5.41) is 9.98. The van der Waals surface area contributed by atoms with E-state index in [4.69, 9.17) is 0 Å². The summed E-state index contributed by atoms with van der Waals surface area (Å²) in [6.07, 6.45) is 1.61. The molecule has 5 heteroatoms. The lowest BCUT2D eigenvalue weighted by molar-refractivity contribution is 0.0699. The monoisotopic (exact) mass is 347 g/mol. The summed E-state index contributed by atoms with van der Waals surface area (Å²) in [6.45, 7) is 0.467. The van der Waals surface area contributed by atoms with Gasteiger partial charge in [-0.25, -0.2) is 9.18 Å². The molecule has 0 atom stereocenters. The van der Waals surface area contributed by atoms with Crippen LogP contribution in [0.3, 0.4) is 0 Å². The van der Waals surface area contributed by atoms with Gasteiger partial charge in [-0.2, -0.15) is 0 Å². The highest BCUT2D eigenvalue weighted by Crippen LogP contribution is 2.25. The van der Waals surface area contributed by atoms with E-state index >= 15 is 0 Å². The Morgan fingerprint density at radius 1 is 1.24 bits per heavy atom. The van der Waals surface area contributed by atoms with Crippen LogP contribution in [0.25, 0.3) is 10.9 Å². The third kappa shape index (κ3) is 2.56. The maximum atomic E-state index is 13.1. The zero-order valence-electron chi connectivity index (χ0n) is 10.9. The Kier molecular flexibility index (Phi) is 3.51. The van der Waals surface area contributed by atoms with Crippen molar-refractivity contribution >= 4 is 32.8 Å². The Hall–Kier alpha value is -2.14. The van der Waals surface area contributed by atoms with Crippen molar-refractivity contribution in [1.29, 1.82) is 0 Å². The van der Waals surface area contributed by atoms with Gasteiger partial charge in [-0.05, 0) is 23.8 Å². The molecule has 0 radical (unpaired) electrons. The van der Waals surface area contributed by atoms with Crippen molar-refractivity contribution in [2.75, 3.05) is 0 Å². The highest BCUT2D eigenvalue weighted by Gasteiger charge is 2.14. The number of para-hydroxylation sites is 1. The van der Waals surface area contributed by atoms with Crippen molar-refractivity contribution in [3.8, 4) is 0 Å². The third-order valence-electron chi connectivity index (χ3n) is 3.37. The summed E-state index contributed by atoms with van der Waals surface area (Å²) >= 11 is 3.33. The van der Waals surface area contributed by atoms with Gasteiger partial charge in [-0.3, -0.25) is 0 Å². The number of carbonyl (C=O) groups is 1. The number of hydrogen-bond acceptors (Lipinski definition) is 1. The Balaban J connectivity index is 2.10. The third-order valence-corrected chi connectivity index (χ3v) is 4.11. The summed E-state index contributed by atoms with van der Waals surface area (Å²) in [5.74, 6) is -1.27. The Labute approximate surface area is 128 Å². The average molecular weight is 348 g/mol. The van der Waals surface area contributed by atoms with Crippen molar-refractivity contribution in [1.82, 2.24) is 4.57 Å². The van der Waals surface area contributed by atoms with Gasteiger partial charge < -0.3 is 9.67 Å². The second-order valence-electron chi connectivity index (χ2n) is 4.73. The van der Waals surface area contributed by atoms with Crippen molar-refractivity contribution in [3.63, 3.8) is 0 Å². The van der Waals surface area contributed by atoms with Gasteiger partial charge in [0.1, 0.15) is 5.82 Å². The molecule has 2 aromatic carbocycles. The molecule has 0 aliphatic heterocycles. The molecule has 0 unspecified atom stereocenters. The SMILES string of the molecule is O=C(O)c1cn(Cc2ccc(F)cc2Br)c2ccccc12. The van der Waals surface area contributed by atoms with Crippen LogP contribution in [0, 0.1) is 5.82 Å². The van der Waals surface area contributed by atoms with Gasteiger partial charge in [-0.1, -0.05) is 40.2 Å². The predicted octanol–water partition coefficient (Wildman–Crippen LogP) is 4.29. The molecule has 3 nitrogen and oxygen atoms in total. The summed E-state index contributed by atoms with van der Waals surface area (Å²) < 4.78 is 15.7. The lowest BCUT2D eigenvalue weighted by Crippen LogP contribution is -2.00. The molecule has 1 heterocycles. The van der Waals surface area contributed by atoms with Crippen LogP contribution in [-0.4, -0.2) is 15.6 Å². The first-order valence-electron chi connectivity index (χ1n) is 6.31. The van der Waals surface area contributed by atoms with E-state index in [9.17, 15) is 14.3 Å². The fourth-order valence-corrected chi connectivity index (χ4v) is 2.86. The number of fused-ring (bicyclic) bond motifs is 1. The van der Waals surface area contributed by atoms with Crippen LogP contribution in [0.15, 0.2) is 53.1 Å². The molecule has 0 aliphatic rings. The highest BCUT2D eigenvalue weighted by atomic mass is 79.9. The number of carboxylic acids is 1. The van der Waals surface area contributed by atoms with Gasteiger partial charge in [0.05, 0.1) is 5.56 Å². The lowest BCUT2D eigenvalue weighted by atomic mass is 10.2. The molecule has 21 heavy (non-hydrogen) atoms. The fraction of sp³-hybridized carbons (Fsp3) is 0.0625. The van der Waals surface area contributed by atoms with Crippen LogP contribution in [0.5, 0.6) is 0 Å².